The summed E-state index contributed by atoms with van der Waals surface area (Å²) in [7, 11) is 0. The van der Waals surface area contributed by atoms with Crippen molar-refractivity contribution in [1.29, 1.82) is 0 Å². The quantitative estimate of drug-likeness (QED) is 0.621. The third kappa shape index (κ3) is 3.27. The number of pyridine rings is 1. The Morgan fingerprint density at radius 1 is 1.29 bits per heavy atom. The van der Waals surface area contributed by atoms with Crippen LogP contribution in [0.25, 0.3) is 0 Å². The molecule has 0 bridgehead atoms. The van der Waals surface area contributed by atoms with Crippen molar-refractivity contribution in [2.24, 2.45) is 5.92 Å². The average molecular weight is 330 g/mol. The minimum Gasteiger partial charge on any atom is -0.340 e. The molecule has 1 atom stereocenters. The first-order valence-electron chi connectivity index (χ1n) is 7.87. The molecule has 8 heteroatoms. The number of Topliss-reactive ketones (excluding diaryl/α,β-unsaturated/α-hetero) is 1. The normalized spacial score (nSPS) is 20.9. The second-order valence-corrected chi connectivity index (χ2v) is 5.90. The van der Waals surface area contributed by atoms with Crippen molar-refractivity contribution in [1.82, 2.24) is 20.1 Å². The fraction of sp³-hybridized carbons (Fsp3) is 0.438. The Hall–Kier alpha value is -2.77. The molecule has 3 heterocycles. The summed E-state index contributed by atoms with van der Waals surface area (Å²) in [6, 6.07) is 4.61. The van der Waals surface area contributed by atoms with Gasteiger partial charge in [-0.3, -0.25) is 24.3 Å². The zero-order valence-electron chi connectivity index (χ0n) is 13.1. The lowest BCUT2D eigenvalue weighted by Gasteiger charge is -2.32. The van der Waals surface area contributed by atoms with Gasteiger partial charge in [-0.1, -0.05) is 6.07 Å². The van der Waals surface area contributed by atoms with Crippen LogP contribution in [0, 0.1) is 5.92 Å². The van der Waals surface area contributed by atoms with Crippen LogP contribution in [0.3, 0.4) is 0 Å². The Morgan fingerprint density at radius 3 is 2.79 bits per heavy atom. The number of rotatable bonds is 4. The van der Waals surface area contributed by atoms with Gasteiger partial charge < -0.3 is 10.2 Å². The van der Waals surface area contributed by atoms with Crippen LogP contribution < -0.4 is 5.32 Å². The van der Waals surface area contributed by atoms with Crippen LogP contribution in [-0.4, -0.2) is 64.6 Å². The Bertz CT molecular complexity index is 660. The lowest BCUT2D eigenvalue weighted by Crippen LogP contribution is -2.48. The minimum atomic E-state index is -0.550. The molecule has 2 aliphatic heterocycles. The first-order valence-corrected chi connectivity index (χ1v) is 7.87. The van der Waals surface area contributed by atoms with Gasteiger partial charge in [0.15, 0.2) is 5.78 Å². The van der Waals surface area contributed by atoms with E-state index in [9.17, 15) is 19.2 Å². The highest BCUT2D eigenvalue weighted by atomic mass is 16.2. The number of ketones is 1. The molecule has 0 saturated carbocycles. The second kappa shape index (κ2) is 6.77. The number of likely N-dealkylation sites (tertiary alicyclic amines) is 1. The number of urea groups is 1. The molecule has 2 fully saturated rings. The number of amides is 4. The highest BCUT2D eigenvalue weighted by Gasteiger charge is 2.34. The number of hydrogen-bond acceptors (Lipinski definition) is 5. The Labute approximate surface area is 138 Å². The van der Waals surface area contributed by atoms with Crippen LogP contribution in [0.5, 0.6) is 0 Å². The fourth-order valence-corrected chi connectivity index (χ4v) is 2.99. The van der Waals surface area contributed by atoms with Crippen LogP contribution >= 0.6 is 0 Å². The van der Waals surface area contributed by atoms with Crippen molar-refractivity contribution < 1.29 is 19.2 Å². The van der Waals surface area contributed by atoms with Gasteiger partial charge in [-0.25, -0.2) is 4.79 Å². The summed E-state index contributed by atoms with van der Waals surface area (Å²) < 4.78 is 0. The molecule has 0 aliphatic carbocycles. The summed E-state index contributed by atoms with van der Waals surface area (Å²) in [5, 5.41) is 2.38. The van der Waals surface area contributed by atoms with E-state index in [0.29, 0.717) is 25.1 Å². The number of carbonyl (C=O) groups is 4. The second-order valence-electron chi connectivity index (χ2n) is 5.90. The van der Waals surface area contributed by atoms with Crippen LogP contribution in [0.1, 0.15) is 23.3 Å². The maximum absolute atomic E-state index is 12.5. The SMILES string of the molecule is O=C(c1ccccn1)C1CCCN(C(=O)CN2C(=O)CNC2=O)C1. The summed E-state index contributed by atoms with van der Waals surface area (Å²) in [6.45, 7) is 0.453. The van der Waals surface area contributed by atoms with Crippen molar-refractivity contribution in [3.8, 4) is 0 Å². The van der Waals surface area contributed by atoms with Gasteiger partial charge in [-0.2, -0.15) is 0 Å². The third-order valence-electron chi connectivity index (χ3n) is 4.29. The maximum Gasteiger partial charge on any atom is 0.325 e. The monoisotopic (exact) mass is 330 g/mol. The van der Waals surface area contributed by atoms with Crippen molar-refractivity contribution in [2.45, 2.75) is 12.8 Å². The van der Waals surface area contributed by atoms with Gasteiger partial charge in [0.25, 0.3) is 5.91 Å². The molecule has 8 nitrogen and oxygen atoms in total. The van der Waals surface area contributed by atoms with Crippen LogP contribution in [0.4, 0.5) is 4.79 Å². The Balaban J connectivity index is 1.63. The number of hydrogen-bond donors (Lipinski definition) is 1. The van der Waals surface area contributed by atoms with Gasteiger partial charge in [0.05, 0.1) is 6.54 Å². The summed E-state index contributed by atoms with van der Waals surface area (Å²) in [5.41, 5.74) is 0.394. The van der Waals surface area contributed by atoms with E-state index in [4.69, 9.17) is 0 Å². The lowest BCUT2D eigenvalue weighted by molar-refractivity contribution is -0.137. The summed E-state index contributed by atoms with van der Waals surface area (Å²) in [4.78, 5) is 54.5. The fourth-order valence-electron chi connectivity index (χ4n) is 2.99. The van der Waals surface area contributed by atoms with E-state index in [0.717, 1.165) is 4.90 Å². The number of carbonyl (C=O) groups excluding carboxylic acids is 4. The number of nitrogens with zero attached hydrogens (tertiary/aromatic N) is 3. The van der Waals surface area contributed by atoms with Gasteiger partial charge in [0, 0.05) is 25.2 Å². The number of aromatic nitrogens is 1. The van der Waals surface area contributed by atoms with Crippen LogP contribution in [-0.2, 0) is 9.59 Å². The van der Waals surface area contributed by atoms with Crippen molar-refractivity contribution in [3.63, 3.8) is 0 Å². The molecule has 1 aromatic rings. The molecule has 2 aliphatic rings. The molecule has 0 aromatic carbocycles. The van der Waals surface area contributed by atoms with E-state index < -0.39 is 11.9 Å². The number of piperidine rings is 1. The summed E-state index contributed by atoms with van der Waals surface area (Å²) in [6.07, 6.45) is 2.97. The topological polar surface area (TPSA) is 99.7 Å². The van der Waals surface area contributed by atoms with Crippen molar-refractivity contribution in [3.05, 3.63) is 30.1 Å². The summed E-state index contributed by atoms with van der Waals surface area (Å²) >= 11 is 0. The van der Waals surface area contributed by atoms with Crippen molar-refractivity contribution >= 4 is 23.6 Å². The zero-order chi connectivity index (χ0) is 17.1. The number of nitrogens with one attached hydrogen (secondary N) is 1. The van der Waals surface area contributed by atoms with E-state index in [2.05, 4.69) is 10.3 Å². The molecule has 1 aromatic heterocycles. The number of imide groups is 1. The molecule has 24 heavy (non-hydrogen) atoms. The van der Waals surface area contributed by atoms with E-state index in [-0.39, 0.29) is 37.2 Å². The molecule has 1 N–H and O–H groups in total. The van der Waals surface area contributed by atoms with E-state index in [1.165, 1.54) is 0 Å². The zero-order valence-corrected chi connectivity index (χ0v) is 13.1. The van der Waals surface area contributed by atoms with Crippen molar-refractivity contribution in [2.75, 3.05) is 26.2 Å². The predicted molar refractivity (Wildman–Crippen MR) is 83.0 cm³/mol. The minimum absolute atomic E-state index is 0.0765. The first kappa shape index (κ1) is 16.1. The molecule has 1 unspecified atom stereocenters. The molecule has 126 valence electrons. The van der Waals surface area contributed by atoms with Gasteiger partial charge in [-0.15, -0.1) is 0 Å². The van der Waals surface area contributed by atoms with E-state index >= 15 is 0 Å². The molecule has 2 saturated heterocycles. The van der Waals surface area contributed by atoms with Crippen LogP contribution in [0.2, 0.25) is 0 Å². The molecular formula is C16H18N4O4. The molecule has 4 amide bonds. The first-order chi connectivity index (χ1) is 11.6. The smallest absolute Gasteiger partial charge is 0.325 e. The standard InChI is InChI=1S/C16H18N4O4/c21-13-8-18-16(24)20(13)10-14(22)19-7-3-4-11(9-19)15(23)12-5-1-2-6-17-12/h1-2,5-6,11H,3-4,7-10H2,(H,18,24). The van der Waals surface area contributed by atoms with Gasteiger partial charge in [-0.05, 0) is 25.0 Å². The van der Waals surface area contributed by atoms with E-state index in [1.807, 2.05) is 0 Å². The molecule has 3 rings (SSSR count). The molecular weight excluding hydrogens is 312 g/mol. The van der Waals surface area contributed by atoms with Gasteiger partial charge >= 0.3 is 6.03 Å². The third-order valence-corrected chi connectivity index (χ3v) is 4.29. The maximum atomic E-state index is 12.5. The Morgan fingerprint density at radius 2 is 2.12 bits per heavy atom. The largest absolute Gasteiger partial charge is 0.340 e. The molecule has 0 spiro atoms. The predicted octanol–water partition coefficient (Wildman–Crippen LogP) is 0.0547. The Kier molecular flexibility index (Phi) is 4.54. The average Bonchev–Trinajstić information content (AvgIpc) is 2.94. The molecule has 0 radical (unpaired) electrons. The van der Waals surface area contributed by atoms with Gasteiger partial charge in [0.1, 0.15) is 12.2 Å². The van der Waals surface area contributed by atoms with Gasteiger partial charge in [0.2, 0.25) is 5.91 Å². The van der Waals surface area contributed by atoms with Crippen LogP contribution in [0.15, 0.2) is 24.4 Å². The highest BCUT2D eigenvalue weighted by molar-refractivity contribution is 6.04. The lowest BCUT2D eigenvalue weighted by atomic mass is 9.92. The van der Waals surface area contributed by atoms with E-state index in [1.54, 1.807) is 29.3 Å². The summed E-state index contributed by atoms with van der Waals surface area (Å²) in [5.74, 6) is -1.12. The highest BCUT2D eigenvalue weighted by Crippen LogP contribution is 2.20.